The predicted octanol–water partition coefficient (Wildman–Crippen LogP) is 7.46. The van der Waals surface area contributed by atoms with E-state index in [0.29, 0.717) is 0 Å². The first-order valence-corrected chi connectivity index (χ1v) is 11.8. The molecule has 8 rings (SSSR count). The summed E-state index contributed by atoms with van der Waals surface area (Å²) in [6.07, 6.45) is 7.22. The van der Waals surface area contributed by atoms with Crippen molar-refractivity contribution in [2.24, 2.45) is 23.7 Å². The molecule has 1 spiro atoms. The summed E-state index contributed by atoms with van der Waals surface area (Å²) in [7, 11) is 0. The van der Waals surface area contributed by atoms with Crippen LogP contribution in [0.5, 0.6) is 0 Å². The lowest BCUT2D eigenvalue weighted by Crippen LogP contribution is -2.55. The SMILES string of the molecule is Cc1ccc(Nc2cccc3c2C2(c4ccccc4-3)C3CC4CC(C3)CC2C4)cc1. The van der Waals surface area contributed by atoms with Crippen LogP contribution in [0.1, 0.15) is 48.8 Å². The van der Waals surface area contributed by atoms with Gasteiger partial charge in [0.2, 0.25) is 0 Å². The maximum atomic E-state index is 3.85. The molecule has 0 amide bonds. The monoisotopic (exact) mass is 391 g/mol. The first-order valence-electron chi connectivity index (χ1n) is 11.8. The number of benzene rings is 3. The van der Waals surface area contributed by atoms with Gasteiger partial charge in [-0.25, -0.2) is 0 Å². The van der Waals surface area contributed by atoms with Crippen LogP contribution in [0.3, 0.4) is 0 Å². The van der Waals surface area contributed by atoms with Gasteiger partial charge in [-0.1, -0.05) is 54.1 Å². The van der Waals surface area contributed by atoms with Crippen LogP contribution in [0.4, 0.5) is 11.4 Å². The summed E-state index contributed by atoms with van der Waals surface area (Å²) in [5.74, 6) is 3.56. The second-order valence-corrected chi connectivity index (χ2v) is 10.4. The zero-order valence-electron chi connectivity index (χ0n) is 17.7. The maximum Gasteiger partial charge on any atom is 0.0432 e. The number of hydrogen-bond acceptors (Lipinski definition) is 1. The Hall–Kier alpha value is -2.54. The van der Waals surface area contributed by atoms with E-state index in [1.807, 2.05) is 0 Å². The summed E-state index contributed by atoms with van der Waals surface area (Å²) in [4.78, 5) is 0. The fourth-order valence-corrected chi connectivity index (χ4v) is 8.11. The van der Waals surface area contributed by atoms with Crippen LogP contribution in [0.15, 0.2) is 66.7 Å². The predicted molar refractivity (Wildman–Crippen MR) is 124 cm³/mol. The van der Waals surface area contributed by atoms with Crippen LogP contribution in [-0.4, -0.2) is 0 Å². The Balaban J connectivity index is 1.46. The van der Waals surface area contributed by atoms with E-state index in [-0.39, 0.29) is 5.41 Å². The molecule has 4 bridgehead atoms. The largest absolute Gasteiger partial charge is 0.355 e. The van der Waals surface area contributed by atoms with Gasteiger partial charge in [0.1, 0.15) is 0 Å². The molecule has 5 aliphatic carbocycles. The number of anilines is 2. The molecule has 3 aromatic rings. The first kappa shape index (κ1) is 17.2. The molecule has 0 aliphatic heterocycles. The van der Waals surface area contributed by atoms with Crippen molar-refractivity contribution in [3.63, 3.8) is 0 Å². The zero-order chi connectivity index (χ0) is 19.9. The fourth-order valence-electron chi connectivity index (χ4n) is 8.11. The topological polar surface area (TPSA) is 12.0 Å². The standard InChI is InChI=1S/C29H29N/c1-18-9-11-23(12-10-18)30-27-8-4-6-25-24-5-2-3-7-26(24)29(28(25)27)21-14-19-13-20(16-21)17-22(29)15-19/h2-12,19-22,30H,13-17H2,1H3. The number of rotatable bonds is 2. The van der Waals surface area contributed by atoms with E-state index in [0.717, 1.165) is 23.7 Å². The highest BCUT2D eigenvalue weighted by Crippen LogP contribution is 2.70. The molecule has 5 aliphatic rings. The molecule has 1 N–H and O–H groups in total. The smallest absolute Gasteiger partial charge is 0.0432 e. The van der Waals surface area contributed by atoms with Crippen LogP contribution in [0, 0.1) is 30.6 Å². The lowest BCUT2D eigenvalue weighted by molar-refractivity contribution is -0.0396. The van der Waals surface area contributed by atoms with Gasteiger partial charge >= 0.3 is 0 Å². The number of nitrogens with one attached hydrogen (secondary N) is 1. The van der Waals surface area contributed by atoms with Gasteiger partial charge in [0.15, 0.2) is 0 Å². The minimum atomic E-state index is 0.216. The Labute approximate surface area is 179 Å². The van der Waals surface area contributed by atoms with Gasteiger partial charge in [0.05, 0.1) is 0 Å². The van der Waals surface area contributed by atoms with E-state index in [4.69, 9.17) is 0 Å². The second kappa shape index (κ2) is 6.00. The normalized spacial score (nSPS) is 32.3. The summed E-state index contributed by atoms with van der Waals surface area (Å²) in [5.41, 5.74) is 10.3. The van der Waals surface area contributed by atoms with E-state index in [1.165, 1.54) is 60.2 Å². The van der Waals surface area contributed by atoms with Gasteiger partial charge in [0, 0.05) is 16.8 Å². The van der Waals surface area contributed by atoms with E-state index in [1.54, 1.807) is 11.1 Å². The second-order valence-electron chi connectivity index (χ2n) is 10.4. The van der Waals surface area contributed by atoms with Gasteiger partial charge in [-0.05, 0) is 103 Å². The Morgan fingerprint density at radius 3 is 2.10 bits per heavy atom. The highest BCUT2D eigenvalue weighted by molar-refractivity contribution is 5.88. The lowest BCUT2D eigenvalue weighted by atomic mass is 9.43. The van der Waals surface area contributed by atoms with E-state index in [2.05, 4.69) is 79.0 Å². The number of hydrogen-bond donors (Lipinski definition) is 1. The Bertz CT molecular complexity index is 1110. The van der Waals surface area contributed by atoms with Gasteiger partial charge in [-0.2, -0.15) is 0 Å². The summed E-state index contributed by atoms with van der Waals surface area (Å²) in [6.45, 7) is 2.16. The fraction of sp³-hybridized carbons (Fsp3) is 0.379. The molecule has 0 unspecified atom stereocenters. The highest BCUT2D eigenvalue weighted by atomic mass is 14.9. The zero-order valence-corrected chi connectivity index (χ0v) is 17.7. The summed E-state index contributed by atoms with van der Waals surface area (Å²) < 4.78 is 0. The van der Waals surface area contributed by atoms with Crippen molar-refractivity contribution in [1.82, 2.24) is 0 Å². The molecule has 150 valence electrons. The molecular weight excluding hydrogens is 362 g/mol. The minimum absolute atomic E-state index is 0.216. The van der Waals surface area contributed by atoms with Gasteiger partial charge in [-0.3, -0.25) is 0 Å². The molecule has 3 aromatic carbocycles. The molecule has 0 saturated heterocycles. The van der Waals surface area contributed by atoms with Crippen LogP contribution in [-0.2, 0) is 5.41 Å². The van der Waals surface area contributed by atoms with Crippen molar-refractivity contribution in [3.05, 3.63) is 83.4 Å². The van der Waals surface area contributed by atoms with Crippen molar-refractivity contribution in [1.29, 1.82) is 0 Å². The molecule has 0 atom stereocenters. The average Bonchev–Trinajstić information content (AvgIpc) is 3.06. The minimum Gasteiger partial charge on any atom is -0.355 e. The third-order valence-electron chi connectivity index (χ3n) is 8.90. The van der Waals surface area contributed by atoms with Gasteiger partial charge in [-0.15, -0.1) is 0 Å². The van der Waals surface area contributed by atoms with Crippen LogP contribution >= 0.6 is 0 Å². The summed E-state index contributed by atoms with van der Waals surface area (Å²) in [5, 5.41) is 3.85. The molecule has 1 nitrogen and oxygen atoms in total. The van der Waals surface area contributed by atoms with Crippen molar-refractivity contribution in [2.45, 2.75) is 44.4 Å². The van der Waals surface area contributed by atoms with Gasteiger partial charge < -0.3 is 5.32 Å². The average molecular weight is 392 g/mol. The van der Waals surface area contributed by atoms with Crippen molar-refractivity contribution >= 4 is 11.4 Å². The quantitative estimate of drug-likeness (QED) is 0.478. The Morgan fingerprint density at radius 1 is 0.700 bits per heavy atom. The molecular formula is C29H29N. The third kappa shape index (κ3) is 2.14. The van der Waals surface area contributed by atoms with E-state index < -0.39 is 0 Å². The lowest BCUT2D eigenvalue weighted by Gasteiger charge is -2.61. The van der Waals surface area contributed by atoms with Crippen molar-refractivity contribution in [2.75, 3.05) is 5.32 Å². The van der Waals surface area contributed by atoms with E-state index >= 15 is 0 Å². The van der Waals surface area contributed by atoms with Crippen molar-refractivity contribution in [3.8, 4) is 11.1 Å². The third-order valence-corrected chi connectivity index (χ3v) is 8.90. The molecule has 1 heteroatoms. The van der Waals surface area contributed by atoms with Crippen LogP contribution in [0.25, 0.3) is 11.1 Å². The van der Waals surface area contributed by atoms with E-state index in [9.17, 15) is 0 Å². The molecule has 4 saturated carbocycles. The van der Waals surface area contributed by atoms with Crippen LogP contribution < -0.4 is 5.32 Å². The highest BCUT2D eigenvalue weighted by Gasteiger charge is 2.62. The molecule has 0 heterocycles. The Morgan fingerprint density at radius 2 is 1.37 bits per heavy atom. The molecule has 30 heavy (non-hydrogen) atoms. The molecule has 4 fully saturated rings. The first-order chi connectivity index (χ1) is 14.7. The Kier molecular flexibility index (Phi) is 3.44. The van der Waals surface area contributed by atoms with Crippen molar-refractivity contribution < 1.29 is 0 Å². The summed E-state index contributed by atoms with van der Waals surface area (Å²) in [6, 6.07) is 25.2. The maximum absolute atomic E-state index is 3.85. The molecule has 0 aromatic heterocycles. The number of aryl methyl sites for hydroxylation is 1. The van der Waals surface area contributed by atoms with Crippen LogP contribution in [0.2, 0.25) is 0 Å². The summed E-state index contributed by atoms with van der Waals surface area (Å²) >= 11 is 0. The molecule has 0 radical (unpaired) electrons. The number of fused-ring (bicyclic) bond motifs is 3. The van der Waals surface area contributed by atoms with Gasteiger partial charge in [0.25, 0.3) is 0 Å².